The Kier molecular flexibility index (Phi) is 5.49. The lowest BCUT2D eigenvalue weighted by Gasteiger charge is -2.12. The van der Waals surface area contributed by atoms with Crippen LogP contribution in [0.1, 0.15) is 35.7 Å². The molecule has 0 bridgehead atoms. The molecule has 1 aromatic rings. The molecule has 0 saturated heterocycles. The zero-order valence-electron chi connectivity index (χ0n) is 10.2. The number of aryl methyl sites for hydroxylation is 1. The molecule has 0 aromatic heterocycles. The third kappa shape index (κ3) is 4.07. The number of hydrogen-bond donors (Lipinski definition) is 3. The average Bonchev–Trinajstić information content (AvgIpc) is 2.34. The molecule has 1 rings (SSSR count). The van der Waals surface area contributed by atoms with Crippen molar-refractivity contribution in [2.45, 2.75) is 26.2 Å². The molecule has 17 heavy (non-hydrogen) atoms. The highest BCUT2D eigenvalue weighted by Gasteiger charge is 2.07. The van der Waals surface area contributed by atoms with Crippen LogP contribution in [-0.2, 0) is 6.42 Å². The summed E-state index contributed by atoms with van der Waals surface area (Å²) in [7, 11) is 0. The van der Waals surface area contributed by atoms with Gasteiger partial charge in [0.2, 0.25) is 0 Å². The molecule has 0 radical (unpaired) electrons. The van der Waals surface area contributed by atoms with Gasteiger partial charge in [0, 0.05) is 12.2 Å². The Morgan fingerprint density at radius 3 is 2.82 bits per heavy atom. The van der Waals surface area contributed by atoms with Crippen molar-refractivity contribution in [2.24, 2.45) is 5.73 Å². The third-order valence-corrected chi connectivity index (χ3v) is 2.57. The van der Waals surface area contributed by atoms with Crippen LogP contribution in [0.5, 0.6) is 0 Å². The van der Waals surface area contributed by atoms with E-state index in [-0.39, 0.29) is 0 Å². The van der Waals surface area contributed by atoms with Crippen molar-refractivity contribution in [1.82, 2.24) is 0 Å². The summed E-state index contributed by atoms with van der Waals surface area (Å²) in [5.74, 6) is -0.894. The lowest BCUT2D eigenvalue weighted by atomic mass is 10.0. The zero-order valence-corrected chi connectivity index (χ0v) is 10.2. The standard InChI is InChI=1S/C13H20N2O2/c1-2-8-15-12-9-11(13(16)17)6-5-10(12)4-3-7-14/h5-6,9,15H,2-4,7-8,14H2,1H3,(H,16,17). The topological polar surface area (TPSA) is 75.3 Å². The highest BCUT2D eigenvalue weighted by Crippen LogP contribution is 2.19. The van der Waals surface area contributed by atoms with Gasteiger partial charge in [0.1, 0.15) is 0 Å². The summed E-state index contributed by atoms with van der Waals surface area (Å²) in [6.45, 7) is 3.57. The van der Waals surface area contributed by atoms with Gasteiger partial charge in [0.25, 0.3) is 0 Å². The molecule has 94 valence electrons. The maximum absolute atomic E-state index is 10.9. The molecule has 0 unspecified atom stereocenters. The van der Waals surface area contributed by atoms with Crippen LogP contribution in [0.2, 0.25) is 0 Å². The van der Waals surface area contributed by atoms with Crippen LogP contribution in [0.4, 0.5) is 5.69 Å². The van der Waals surface area contributed by atoms with Gasteiger partial charge in [-0.1, -0.05) is 13.0 Å². The molecule has 0 aliphatic carbocycles. The van der Waals surface area contributed by atoms with Crippen molar-refractivity contribution < 1.29 is 9.90 Å². The molecule has 1 aromatic carbocycles. The second kappa shape index (κ2) is 6.91. The van der Waals surface area contributed by atoms with E-state index in [1.54, 1.807) is 12.1 Å². The molecule has 0 amide bonds. The fraction of sp³-hybridized carbons (Fsp3) is 0.462. The van der Waals surface area contributed by atoms with Crippen LogP contribution in [0.3, 0.4) is 0 Å². The van der Waals surface area contributed by atoms with E-state index in [0.29, 0.717) is 12.1 Å². The summed E-state index contributed by atoms with van der Waals surface area (Å²) in [5.41, 5.74) is 7.86. The molecule has 0 fully saturated rings. The van der Waals surface area contributed by atoms with Crippen LogP contribution >= 0.6 is 0 Å². The molecule has 0 heterocycles. The predicted molar refractivity (Wildman–Crippen MR) is 69.6 cm³/mol. The number of rotatable bonds is 7. The minimum absolute atomic E-state index is 0.320. The second-order valence-electron chi connectivity index (χ2n) is 4.00. The van der Waals surface area contributed by atoms with Crippen LogP contribution in [0.15, 0.2) is 18.2 Å². The highest BCUT2D eigenvalue weighted by molar-refractivity contribution is 5.89. The maximum Gasteiger partial charge on any atom is 0.335 e. The monoisotopic (exact) mass is 236 g/mol. The molecule has 0 aliphatic rings. The van der Waals surface area contributed by atoms with E-state index in [9.17, 15) is 4.79 Å². The fourth-order valence-corrected chi connectivity index (χ4v) is 1.64. The van der Waals surface area contributed by atoms with Crippen molar-refractivity contribution in [1.29, 1.82) is 0 Å². The third-order valence-electron chi connectivity index (χ3n) is 2.57. The van der Waals surface area contributed by atoms with E-state index in [1.807, 2.05) is 6.07 Å². The fourth-order valence-electron chi connectivity index (χ4n) is 1.64. The number of carbonyl (C=O) groups is 1. The largest absolute Gasteiger partial charge is 0.478 e. The molecule has 0 atom stereocenters. The van der Waals surface area contributed by atoms with Crippen molar-refractivity contribution in [3.8, 4) is 0 Å². The second-order valence-corrected chi connectivity index (χ2v) is 4.00. The molecule has 4 nitrogen and oxygen atoms in total. The highest BCUT2D eigenvalue weighted by atomic mass is 16.4. The van der Waals surface area contributed by atoms with Crippen molar-refractivity contribution in [3.63, 3.8) is 0 Å². The van der Waals surface area contributed by atoms with Crippen molar-refractivity contribution >= 4 is 11.7 Å². The Labute approximate surface area is 102 Å². The van der Waals surface area contributed by atoms with E-state index in [1.165, 1.54) is 0 Å². The lowest BCUT2D eigenvalue weighted by molar-refractivity contribution is 0.0697. The Balaban J connectivity index is 2.90. The smallest absolute Gasteiger partial charge is 0.335 e. The number of carboxylic acids is 1. The number of nitrogens with one attached hydrogen (secondary N) is 1. The summed E-state index contributed by atoms with van der Waals surface area (Å²) in [5, 5.41) is 12.2. The van der Waals surface area contributed by atoms with Gasteiger partial charge >= 0.3 is 5.97 Å². The van der Waals surface area contributed by atoms with Crippen LogP contribution in [-0.4, -0.2) is 24.2 Å². The molecule has 0 spiro atoms. The van der Waals surface area contributed by atoms with E-state index >= 15 is 0 Å². The molecule has 4 heteroatoms. The molecule has 0 saturated carbocycles. The quantitative estimate of drug-likeness (QED) is 0.677. The van der Waals surface area contributed by atoms with Crippen molar-refractivity contribution in [2.75, 3.05) is 18.4 Å². The molecular weight excluding hydrogens is 216 g/mol. The maximum atomic E-state index is 10.9. The summed E-state index contributed by atoms with van der Waals surface area (Å²) in [6.07, 6.45) is 2.79. The minimum Gasteiger partial charge on any atom is -0.478 e. The number of nitrogens with two attached hydrogens (primary N) is 1. The molecule has 4 N–H and O–H groups in total. The van der Waals surface area contributed by atoms with Gasteiger partial charge in [-0.05, 0) is 43.5 Å². The zero-order chi connectivity index (χ0) is 12.7. The summed E-state index contributed by atoms with van der Waals surface area (Å²) >= 11 is 0. The summed E-state index contributed by atoms with van der Waals surface area (Å²) in [4.78, 5) is 10.9. The van der Waals surface area contributed by atoms with Gasteiger partial charge in [-0.15, -0.1) is 0 Å². The Bertz CT molecular complexity index is 378. The summed E-state index contributed by atoms with van der Waals surface area (Å²) < 4.78 is 0. The Hall–Kier alpha value is -1.55. The first-order chi connectivity index (χ1) is 8.19. The normalized spacial score (nSPS) is 10.2. The number of benzene rings is 1. The van der Waals surface area contributed by atoms with Gasteiger partial charge in [-0.2, -0.15) is 0 Å². The number of hydrogen-bond acceptors (Lipinski definition) is 3. The van der Waals surface area contributed by atoms with Gasteiger partial charge in [-0.25, -0.2) is 4.79 Å². The van der Waals surface area contributed by atoms with E-state index in [2.05, 4.69) is 12.2 Å². The SMILES string of the molecule is CCCNc1cc(C(=O)O)ccc1CCCN. The van der Waals surface area contributed by atoms with Gasteiger partial charge in [-0.3, -0.25) is 0 Å². The Morgan fingerprint density at radius 2 is 2.24 bits per heavy atom. The van der Waals surface area contributed by atoms with E-state index in [4.69, 9.17) is 10.8 Å². The number of anilines is 1. The van der Waals surface area contributed by atoms with Gasteiger partial charge in [0.05, 0.1) is 5.56 Å². The summed E-state index contributed by atoms with van der Waals surface area (Å²) in [6, 6.07) is 5.21. The predicted octanol–water partition coefficient (Wildman–Crippen LogP) is 2.10. The van der Waals surface area contributed by atoms with Crippen LogP contribution in [0.25, 0.3) is 0 Å². The van der Waals surface area contributed by atoms with E-state index in [0.717, 1.165) is 37.1 Å². The average molecular weight is 236 g/mol. The Morgan fingerprint density at radius 1 is 1.47 bits per heavy atom. The van der Waals surface area contributed by atoms with Gasteiger partial charge < -0.3 is 16.2 Å². The van der Waals surface area contributed by atoms with E-state index < -0.39 is 5.97 Å². The number of carboxylic acid groups (broad SMARTS) is 1. The first-order valence-electron chi connectivity index (χ1n) is 5.99. The van der Waals surface area contributed by atoms with Crippen molar-refractivity contribution in [3.05, 3.63) is 29.3 Å². The first kappa shape index (κ1) is 13.5. The lowest BCUT2D eigenvalue weighted by Crippen LogP contribution is -2.07. The van der Waals surface area contributed by atoms with Crippen LogP contribution in [0, 0.1) is 0 Å². The minimum atomic E-state index is -0.894. The first-order valence-corrected chi connectivity index (χ1v) is 5.99. The molecular formula is C13H20N2O2. The van der Waals surface area contributed by atoms with Gasteiger partial charge in [0.15, 0.2) is 0 Å². The number of aromatic carboxylic acids is 1. The van der Waals surface area contributed by atoms with Crippen LogP contribution < -0.4 is 11.1 Å². The molecule has 0 aliphatic heterocycles.